The Bertz CT molecular complexity index is 1860. The molecule has 0 bridgehead atoms. The van der Waals surface area contributed by atoms with Gasteiger partial charge in [-0.05, 0) is 58.8 Å². The molecule has 0 spiro atoms. The molecule has 192 valence electrons. The second kappa shape index (κ2) is 9.02. The van der Waals surface area contributed by atoms with Crippen LogP contribution in [0, 0.1) is 0 Å². The third-order valence-corrected chi connectivity index (χ3v) is 7.19. The number of hydrogen-bond donors (Lipinski definition) is 0. The number of nitrogens with zero attached hydrogens (tertiary/aromatic N) is 4. The molecule has 0 saturated carbocycles. The van der Waals surface area contributed by atoms with Crippen molar-refractivity contribution in [3.63, 3.8) is 0 Å². The Kier molecular flexibility index (Phi) is 5.33. The molecule has 39 heavy (non-hydrogen) atoms. The van der Waals surface area contributed by atoms with Crippen LogP contribution < -0.4 is 18.9 Å². The lowest BCUT2D eigenvalue weighted by atomic mass is 9.81. The number of ether oxygens (including phenoxy) is 4. The summed E-state index contributed by atoms with van der Waals surface area (Å²) >= 11 is 0. The Morgan fingerprint density at radius 3 is 2.41 bits per heavy atom. The Balaban J connectivity index is 1.50. The van der Waals surface area contributed by atoms with Crippen molar-refractivity contribution in [1.82, 2.24) is 19.6 Å². The number of benzene rings is 4. The Morgan fingerprint density at radius 2 is 1.62 bits per heavy atom. The maximum atomic E-state index is 6.43. The normalized spacial score (nSPS) is 14.0. The molecule has 0 unspecified atom stereocenters. The fourth-order valence-corrected chi connectivity index (χ4v) is 5.33. The van der Waals surface area contributed by atoms with Crippen molar-refractivity contribution in [3.05, 3.63) is 102 Å². The summed E-state index contributed by atoms with van der Waals surface area (Å²) in [4.78, 5) is 9.67. The Hall–Kier alpha value is -5.11. The zero-order valence-electron chi connectivity index (χ0n) is 21.6. The van der Waals surface area contributed by atoms with Crippen LogP contribution in [-0.4, -0.2) is 40.9 Å². The van der Waals surface area contributed by atoms with Crippen molar-refractivity contribution in [1.29, 1.82) is 0 Å². The quantitative estimate of drug-likeness (QED) is 0.267. The summed E-state index contributed by atoms with van der Waals surface area (Å²) in [6, 6.07) is 26.1. The standard InChI is InChI=1S/C31H24N4O4/c1-36-21-12-8-19(9-13-21)29-33-30-28-26(20-11-14-23(37-2)25(16-20)38-3)27-22-7-5-4-6-18(22)10-15-24(27)39-31(28)32-17-35(30)34-29/h4-17,26H,1-3H3/t26-/m1/s1. The molecular formula is C31H24N4O4. The van der Waals surface area contributed by atoms with Crippen molar-refractivity contribution in [2.24, 2.45) is 0 Å². The van der Waals surface area contributed by atoms with Crippen LogP contribution in [0.5, 0.6) is 28.9 Å². The van der Waals surface area contributed by atoms with E-state index >= 15 is 0 Å². The van der Waals surface area contributed by atoms with Gasteiger partial charge in [-0.3, -0.25) is 0 Å². The van der Waals surface area contributed by atoms with E-state index in [1.807, 2.05) is 54.6 Å². The third kappa shape index (κ3) is 3.64. The number of rotatable bonds is 5. The van der Waals surface area contributed by atoms with Gasteiger partial charge in [0.1, 0.15) is 17.8 Å². The van der Waals surface area contributed by atoms with Gasteiger partial charge in [-0.25, -0.2) is 14.5 Å². The van der Waals surface area contributed by atoms with Gasteiger partial charge in [0, 0.05) is 17.0 Å². The largest absolute Gasteiger partial charge is 0.497 e. The van der Waals surface area contributed by atoms with Gasteiger partial charge in [-0.1, -0.05) is 36.4 Å². The highest BCUT2D eigenvalue weighted by Gasteiger charge is 2.35. The van der Waals surface area contributed by atoms with Crippen LogP contribution in [0.3, 0.4) is 0 Å². The molecule has 1 aliphatic rings. The molecule has 8 nitrogen and oxygen atoms in total. The van der Waals surface area contributed by atoms with Gasteiger partial charge in [-0.2, -0.15) is 0 Å². The van der Waals surface area contributed by atoms with Crippen LogP contribution in [0.15, 0.2) is 85.2 Å². The summed E-state index contributed by atoms with van der Waals surface area (Å²) in [6.07, 6.45) is 1.64. The molecule has 8 heteroatoms. The zero-order chi connectivity index (χ0) is 26.5. The van der Waals surface area contributed by atoms with E-state index in [0.29, 0.717) is 28.9 Å². The minimum absolute atomic E-state index is 0.251. The fraction of sp³-hybridized carbons (Fsp3) is 0.129. The van der Waals surface area contributed by atoms with E-state index in [4.69, 9.17) is 29.0 Å². The molecular weight excluding hydrogens is 492 g/mol. The lowest BCUT2D eigenvalue weighted by Gasteiger charge is -2.29. The average Bonchev–Trinajstić information content (AvgIpc) is 3.44. The second-order valence-electron chi connectivity index (χ2n) is 9.24. The van der Waals surface area contributed by atoms with Crippen molar-refractivity contribution in [2.75, 3.05) is 21.3 Å². The summed E-state index contributed by atoms with van der Waals surface area (Å²) in [5.74, 6) is 3.66. The number of aromatic nitrogens is 4. The van der Waals surface area contributed by atoms with Gasteiger partial charge in [-0.15, -0.1) is 5.10 Å². The summed E-state index contributed by atoms with van der Waals surface area (Å²) in [5, 5.41) is 6.97. The van der Waals surface area contributed by atoms with Gasteiger partial charge in [0.15, 0.2) is 23.0 Å². The van der Waals surface area contributed by atoms with E-state index in [-0.39, 0.29) is 5.92 Å². The Morgan fingerprint density at radius 1 is 0.795 bits per heavy atom. The third-order valence-electron chi connectivity index (χ3n) is 7.19. The number of methoxy groups -OCH3 is 3. The molecule has 1 aliphatic heterocycles. The van der Waals surface area contributed by atoms with Crippen molar-refractivity contribution < 1.29 is 18.9 Å². The lowest BCUT2D eigenvalue weighted by molar-refractivity contribution is 0.354. The first-order chi connectivity index (χ1) is 19.2. The summed E-state index contributed by atoms with van der Waals surface area (Å²) < 4.78 is 24.7. The van der Waals surface area contributed by atoms with Gasteiger partial charge in [0.2, 0.25) is 5.88 Å². The first-order valence-corrected chi connectivity index (χ1v) is 12.5. The highest BCUT2D eigenvalue weighted by atomic mass is 16.5. The predicted molar refractivity (Wildman–Crippen MR) is 147 cm³/mol. The van der Waals surface area contributed by atoms with E-state index in [1.54, 1.807) is 32.2 Å². The Labute approximate surface area is 224 Å². The fourth-order valence-electron chi connectivity index (χ4n) is 5.33. The van der Waals surface area contributed by atoms with Crippen LogP contribution >= 0.6 is 0 Å². The maximum Gasteiger partial charge on any atom is 0.228 e. The highest BCUT2D eigenvalue weighted by Crippen LogP contribution is 2.51. The van der Waals surface area contributed by atoms with E-state index < -0.39 is 0 Å². The second-order valence-corrected chi connectivity index (χ2v) is 9.24. The van der Waals surface area contributed by atoms with Crippen LogP contribution in [0.2, 0.25) is 0 Å². The molecule has 4 aromatic carbocycles. The molecule has 3 heterocycles. The van der Waals surface area contributed by atoms with Crippen molar-refractivity contribution in [3.8, 4) is 40.3 Å². The lowest BCUT2D eigenvalue weighted by Crippen LogP contribution is -2.15. The molecule has 0 aliphatic carbocycles. The molecule has 0 saturated heterocycles. The average molecular weight is 517 g/mol. The molecule has 0 N–H and O–H groups in total. The predicted octanol–water partition coefficient (Wildman–Crippen LogP) is 6.26. The maximum absolute atomic E-state index is 6.43. The monoisotopic (exact) mass is 516 g/mol. The zero-order valence-corrected chi connectivity index (χ0v) is 21.6. The smallest absolute Gasteiger partial charge is 0.228 e. The molecule has 2 aromatic heterocycles. The van der Waals surface area contributed by atoms with Crippen molar-refractivity contribution >= 4 is 16.4 Å². The van der Waals surface area contributed by atoms with Crippen molar-refractivity contribution in [2.45, 2.75) is 5.92 Å². The number of hydrogen-bond acceptors (Lipinski definition) is 7. The van der Waals surface area contributed by atoms with Gasteiger partial charge >= 0.3 is 0 Å². The molecule has 0 amide bonds. The minimum atomic E-state index is -0.251. The first kappa shape index (κ1) is 23.0. The van der Waals surface area contributed by atoms with Crippen LogP contribution in [-0.2, 0) is 0 Å². The van der Waals surface area contributed by atoms with Crippen LogP contribution in [0.25, 0.3) is 27.8 Å². The van der Waals surface area contributed by atoms with Crippen LogP contribution in [0.4, 0.5) is 0 Å². The van der Waals surface area contributed by atoms with E-state index in [0.717, 1.165) is 44.5 Å². The molecule has 7 rings (SSSR count). The topological polar surface area (TPSA) is 80.0 Å². The summed E-state index contributed by atoms with van der Waals surface area (Å²) in [7, 11) is 4.92. The van der Waals surface area contributed by atoms with E-state index in [2.05, 4.69) is 29.2 Å². The molecule has 1 atom stereocenters. The van der Waals surface area contributed by atoms with Gasteiger partial charge < -0.3 is 18.9 Å². The van der Waals surface area contributed by atoms with E-state index in [1.165, 1.54) is 0 Å². The van der Waals surface area contributed by atoms with Crippen LogP contribution in [0.1, 0.15) is 22.6 Å². The summed E-state index contributed by atoms with van der Waals surface area (Å²) in [6.45, 7) is 0. The number of fused-ring (bicyclic) bond motifs is 6. The highest BCUT2D eigenvalue weighted by molar-refractivity contribution is 5.91. The summed E-state index contributed by atoms with van der Waals surface area (Å²) in [5.41, 5.74) is 4.42. The molecule has 0 fully saturated rings. The molecule has 6 aromatic rings. The minimum Gasteiger partial charge on any atom is -0.497 e. The SMILES string of the molecule is COc1ccc(-c2nc3c4c(ncn3n2)Oc2ccc3ccccc3c2[C@H]4c2ccc(OC)c(OC)c2)cc1. The van der Waals surface area contributed by atoms with Gasteiger partial charge in [0.25, 0.3) is 0 Å². The van der Waals surface area contributed by atoms with E-state index in [9.17, 15) is 0 Å². The van der Waals surface area contributed by atoms with Gasteiger partial charge in [0.05, 0.1) is 26.9 Å². The molecule has 0 radical (unpaired) electrons. The first-order valence-electron chi connectivity index (χ1n) is 12.5.